The summed E-state index contributed by atoms with van der Waals surface area (Å²) < 4.78 is 0. The molecule has 0 aromatic heterocycles. The van der Waals surface area contributed by atoms with E-state index in [1.54, 1.807) is 0 Å². The molecule has 1 N–H and O–H groups in total. The van der Waals surface area contributed by atoms with E-state index in [4.69, 9.17) is 0 Å². The fraction of sp³-hybridized carbons (Fsp3) is 0.474. The molecule has 0 amide bonds. The van der Waals surface area contributed by atoms with Gasteiger partial charge in [0.25, 0.3) is 0 Å². The Balaban J connectivity index is 1.71. The van der Waals surface area contributed by atoms with Crippen molar-refractivity contribution in [3.05, 3.63) is 48.0 Å². The number of fused-ring (bicyclic) bond motifs is 1. The van der Waals surface area contributed by atoms with Crippen molar-refractivity contribution >= 4 is 10.8 Å². The molecule has 112 valence electrons. The van der Waals surface area contributed by atoms with Crippen molar-refractivity contribution in [1.82, 2.24) is 4.90 Å². The third-order valence-electron chi connectivity index (χ3n) is 4.43. The summed E-state index contributed by atoms with van der Waals surface area (Å²) in [6.45, 7) is 4.11. The zero-order valence-electron chi connectivity index (χ0n) is 12.8. The van der Waals surface area contributed by atoms with Crippen LogP contribution in [0.15, 0.2) is 42.5 Å². The molecular weight excluding hydrogens is 258 g/mol. The lowest BCUT2D eigenvalue weighted by Gasteiger charge is -2.25. The van der Waals surface area contributed by atoms with Gasteiger partial charge in [0.2, 0.25) is 0 Å². The van der Waals surface area contributed by atoms with Crippen LogP contribution in [0.2, 0.25) is 0 Å². The van der Waals surface area contributed by atoms with Crippen molar-refractivity contribution in [3.63, 3.8) is 0 Å². The molecule has 2 aromatic rings. The van der Waals surface area contributed by atoms with Crippen LogP contribution in [0, 0.1) is 0 Å². The van der Waals surface area contributed by atoms with Gasteiger partial charge in [0.1, 0.15) is 0 Å². The van der Waals surface area contributed by atoms with Gasteiger partial charge in [-0.1, -0.05) is 49.7 Å². The molecular formula is C19H25NO. The Morgan fingerprint density at radius 2 is 1.90 bits per heavy atom. The molecule has 3 rings (SSSR count). The number of benzene rings is 2. The summed E-state index contributed by atoms with van der Waals surface area (Å²) in [5.41, 5.74) is 1.04. The summed E-state index contributed by atoms with van der Waals surface area (Å²) in [4.78, 5) is 2.48. The maximum absolute atomic E-state index is 10.6. The fourth-order valence-corrected chi connectivity index (χ4v) is 2.97. The van der Waals surface area contributed by atoms with Crippen molar-refractivity contribution in [2.24, 2.45) is 0 Å². The normalized spacial score (nSPS) is 16.5. The first-order valence-corrected chi connectivity index (χ1v) is 8.18. The van der Waals surface area contributed by atoms with E-state index in [-0.39, 0.29) is 6.10 Å². The van der Waals surface area contributed by atoms with Gasteiger partial charge in [-0.2, -0.15) is 0 Å². The average molecular weight is 283 g/mol. The minimum absolute atomic E-state index is 0.382. The summed E-state index contributed by atoms with van der Waals surface area (Å²) in [6.07, 6.45) is 4.66. The Bertz CT molecular complexity index is 591. The van der Waals surface area contributed by atoms with Gasteiger partial charge >= 0.3 is 0 Å². The van der Waals surface area contributed by atoms with E-state index in [2.05, 4.69) is 54.3 Å². The lowest BCUT2D eigenvalue weighted by molar-refractivity contribution is 0.108. The van der Waals surface area contributed by atoms with Gasteiger partial charge in [-0.05, 0) is 48.2 Å². The number of nitrogens with zero attached hydrogens (tertiary/aromatic N) is 1. The van der Waals surface area contributed by atoms with E-state index in [1.807, 2.05) is 0 Å². The lowest BCUT2D eigenvalue weighted by Crippen LogP contribution is -2.31. The van der Waals surface area contributed by atoms with Gasteiger partial charge in [-0.15, -0.1) is 0 Å². The van der Waals surface area contributed by atoms with E-state index in [0.717, 1.165) is 18.7 Å². The van der Waals surface area contributed by atoms with Crippen LogP contribution in [0.4, 0.5) is 0 Å². The van der Waals surface area contributed by atoms with Crippen LogP contribution < -0.4 is 0 Å². The van der Waals surface area contributed by atoms with E-state index in [0.29, 0.717) is 6.04 Å². The maximum Gasteiger partial charge on any atom is 0.0917 e. The van der Waals surface area contributed by atoms with Gasteiger partial charge in [-0.3, -0.25) is 4.90 Å². The molecule has 0 spiro atoms. The van der Waals surface area contributed by atoms with Crippen molar-refractivity contribution in [3.8, 4) is 0 Å². The highest BCUT2D eigenvalue weighted by Crippen LogP contribution is 2.29. The Labute approximate surface area is 127 Å². The van der Waals surface area contributed by atoms with Crippen LogP contribution in [-0.4, -0.2) is 29.1 Å². The van der Waals surface area contributed by atoms with E-state index in [1.165, 1.54) is 36.5 Å². The molecule has 2 nitrogen and oxygen atoms in total. The number of hydrogen-bond donors (Lipinski definition) is 1. The number of aliphatic hydroxyl groups is 1. The van der Waals surface area contributed by atoms with Crippen molar-refractivity contribution < 1.29 is 5.11 Å². The molecule has 1 unspecified atom stereocenters. The van der Waals surface area contributed by atoms with Gasteiger partial charge in [-0.25, -0.2) is 0 Å². The van der Waals surface area contributed by atoms with Crippen molar-refractivity contribution in [1.29, 1.82) is 0 Å². The minimum Gasteiger partial charge on any atom is -0.387 e. The SMILES string of the molecule is CCCCN(CC(O)c1ccc2ccccc2c1)C1CC1. The molecule has 0 radical (unpaired) electrons. The number of hydrogen-bond acceptors (Lipinski definition) is 2. The standard InChI is InChI=1S/C19H25NO/c1-2-3-12-20(18-10-11-18)14-19(21)17-9-8-15-6-4-5-7-16(15)13-17/h4-9,13,18-19,21H,2-3,10-12,14H2,1H3. The molecule has 0 bridgehead atoms. The van der Waals surface area contributed by atoms with Crippen molar-refractivity contribution in [2.75, 3.05) is 13.1 Å². The lowest BCUT2D eigenvalue weighted by atomic mass is 10.0. The summed E-state index contributed by atoms with van der Waals surface area (Å²) in [7, 11) is 0. The van der Waals surface area contributed by atoms with Crippen LogP contribution in [0.25, 0.3) is 10.8 Å². The van der Waals surface area contributed by atoms with Gasteiger partial charge in [0.15, 0.2) is 0 Å². The van der Waals surface area contributed by atoms with Gasteiger partial charge < -0.3 is 5.11 Å². The molecule has 2 aromatic carbocycles. The second kappa shape index (κ2) is 6.59. The van der Waals surface area contributed by atoms with Crippen LogP contribution in [0.1, 0.15) is 44.3 Å². The summed E-state index contributed by atoms with van der Waals surface area (Å²) in [6, 6.07) is 15.4. The maximum atomic E-state index is 10.6. The average Bonchev–Trinajstić information content (AvgIpc) is 3.35. The first-order chi connectivity index (χ1) is 10.3. The highest BCUT2D eigenvalue weighted by molar-refractivity contribution is 5.83. The first kappa shape index (κ1) is 14.6. The third kappa shape index (κ3) is 3.63. The van der Waals surface area contributed by atoms with E-state index >= 15 is 0 Å². The largest absolute Gasteiger partial charge is 0.387 e. The number of rotatable bonds is 7. The Morgan fingerprint density at radius 1 is 1.14 bits per heavy atom. The fourth-order valence-electron chi connectivity index (χ4n) is 2.97. The van der Waals surface area contributed by atoms with E-state index < -0.39 is 0 Å². The predicted octanol–water partition coefficient (Wildman–Crippen LogP) is 4.14. The molecule has 21 heavy (non-hydrogen) atoms. The van der Waals surface area contributed by atoms with Crippen molar-refractivity contribution in [2.45, 2.75) is 44.8 Å². The molecule has 2 heteroatoms. The predicted molar refractivity (Wildman–Crippen MR) is 88.4 cm³/mol. The number of unbranched alkanes of at least 4 members (excludes halogenated alkanes) is 1. The van der Waals surface area contributed by atoms with Crippen LogP contribution >= 0.6 is 0 Å². The molecule has 0 aliphatic heterocycles. The minimum atomic E-state index is -0.382. The summed E-state index contributed by atoms with van der Waals surface area (Å²) in [5, 5.41) is 13.0. The van der Waals surface area contributed by atoms with Crippen LogP contribution in [-0.2, 0) is 0 Å². The van der Waals surface area contributed by atoms with Gasteiger partial charge in [0.05, 0.1) is 6.10 Å². The quantitative estimate of drug-likeness (QED) is 0.825. The highest BCUT2D eigenvalue weighted by Gasteiger charge is 2.29. The molecule has 1 fully saturated rings. The molecule has 1 saturated carbocycles. The topological polar surface area (TPSA) is 23.5 Å². The number of aliphatic hydroxyl groups excluding tert-OH is 1. The van der Waals surface area contributed by atoms with E-state index in [9.17, 15) is 5.11 Å². The molecule has 1 atom stereocenters. The van der Waals surface area contributed by atoms with Gasteiger partial charge in [0, 0.05) is 12.6 Å². The van der Waals surface area contributed by atoms with Crippen LogP contribution in [0.5, 0.6) is 0 Å². The zero-order chi connectivity index (χ0) is 14.7. The molecule has 1 aliphatic carbocycles. The smallest absolute Gasteiger partial charge is 0.0917 e. The second-order valence-corrected chi connectivity index (χ2v) is 6.20. The third-order valence-corrected chi connectivity index (χ3v) is 4.43. The first-order valence-electron chi connectivity index (χ1n) is 8.18. The Morgan fingerprint density at radius 3 is 2.62 bits per heavy atom. The summed E-state index contributed by atoms with van der Waals surface area (Å²) >= 11 is 0. The molecule has 0 saturated heterocycles. The van der Waals surface area contributed by atoms with Crippen LogP contribution in [0.3, 0.4) is 0 Å². The summed E-state index contributed by atoms with van der Waals surface area (Å²) in [5.74, 6) is 0. The zero-order valence-corrected chi connectivity index (χ0v) is 12.8. The molecule has 1 aliphatic rings. The Kier molecular flexibility index (Phi) is 4.57. The molecule has 0 heterocycles. The Hall–Kier alpha value is -1.38. The second-order valence-electron chi connectivity index (χ2n) is 6.20. The highest BCUT2D eigenvalue weighted by atomic mass is 16.3. The monoisotopic (exact) mass is 283 g/mol.